The Morgan fingerprint density at radius 2 is 1.76 bits per heavy atom. The molecule has 11 heteroatoms. The summed E-state index contributed by atoms with van der Waals surface area (Å²) in [5, 5.41) is 13.1. The largest absolute Gasteiger partial charge is 0.489 e. The van der Waals surface area contributed by atoms with Gasteiger partial charge in [0.15, 0.2) is 0 Å². The number of benzene rings is 2. The van der Waals surface area contributed by atoms with Gasteiger partial charge in [0.2, 0.25) is 15.9 Å². The van der Waals surface area contributed by atoms with Gasteiger partial charge in [-0.1, -0.05) is 53.0 Å². The molecule has 0 saturated heterocycles. The standard InChI is InChI=1S/C18H19Cl3N2O5S/c19-13-4-1-2-7-16(13)29(26,27)23-9-8-17(25)22-10-12(24)11-28-15-6-3-5-14(20)18(15)21/h1-7,12,23-24H,8-11H2,(H,22,25). The molecule has 0 spiro atoms. The topological polar surface area (TPSA) is 105 Å². The van der Waals surface area contributed by atoms with E-state index in [1.54, 1.807) is 30.3 Å². The summed E-state index contributed by atoms with van der Waals surface area (Å²) < 4.78 is 32.0. The van der Waals surface area contributed by atoms with Crippen LogP contribution in [0.2, 0.25) is 15.1 Å². The Morgan fingerprint density at radius 1 is 1.07 bits per heavy atom. The third-order valence-corrected chi connectivity index (χ3v) is 6.41. The molecule has 7 nitrogen and oxygen atoms in total. The first-order valence-corrected chi connectivity index (χ1v) is 11.1. The van der Waals surface area contributed by atoms with Crippen LogP contribution in [0.1, 0.15) is 6.42 Å². The summed E-state index contributed by atoms with van der Waals surface area (Å²) in [7, 11) is -3.82. The minimum absolute atomic E-state index is 0.0608. The molecule has 0 aliphatic heterocycles. The van der Waals surface area contributed by atoms with Gasteiger partial charge in [-0.15, -0.1) is 0 Å². The lowest BCUT2D eigenvalue weighted by Crippen LogP contribution is -2.37. The van der Waals surface area contributed by atoms with E-state index in [0.717, 1.165) is 0 Å². The Morgan fingerprint density at radius 3 is 2.48 bits per heavy atom. The van der Waals surface area contributed by atoms with Crippen molar-refractivity contribution >= 4 is 50.7 Å². The Bertz CT molecular complexity index is 956. The van der Waals surface area contributed by atoms with Gasteiger partial charge >= 0.3 is 0 Å². The zero-order valence-corrected chi connectivity index (χ0v) is 18.2. The maximum Gasteiger partial charge on any atom is 0.242 e. The van der Waals surface area contributed by atoms with E-state index < -0.39 is 22.0 Å². The third-order valence-electron chi connectivity index (χ3n) is 3.65. The fourth-order valence-corrected chi connectivity index (χ4v) is 4.10. The molecular weight excluding hydrogens is 463 g/mol. The van der Waals surface area contributed by atoms with Gasteiger partial charge in [0.25, 0.3) is 0 Å². The Labute approximate surface area is 184 Å². The molecule has 0 saturated carbocycles. The zero-order valence-electron chi connectivity index (χ0n) is 15.1. The number of nitrogens with one attached hydrogen (secondary N) is 2. The number of halogens is 3. The Hall–Kier alpha value is -1.55. The summed E-state index contributed by atoms with van der Waals surface area (Å²) in [4.78, 5) is 11.8. The molecule has 0 heterocycles. The number of hydrogen-bond donors (Lipinski definition) is 3. The van der Waals surface area contributed by atoms with Gasteiger partial charge in [0.05, 0.1) is 10.0 Å². The van der Waals surface area contributed by atoms with Crippen molar-refractivity contribution in [3.8, 4) is 5.75 Å². The lowest BCUT2D eigenvalue weighted by Gasteiger charge is -2.14. The molecule has 0 fully saturated rings. The number of sulfonamides is 1. The van der Waals surface area contributed by atoms with E-state index in [1.807, 2.05) is 0 Å². The molecular formula is C18H19Cl3N2O5S. The minimum Gasteiger partial charge on any atom is -0.489 e. The monoisotopic (exact) mass is 480 g/mol. The summed E-state index contributed by atoms with van der Waals surface area (Å²) in [5.74, 6) is -0.120. The van der Waals surface area contributed by atoms with Gasteiger partial charge < -0.3 is 15.2 Å². The van der Waals surface area contributed by atoms with Gasteiger partial charge in [0.1, 0.15) is 28.4 Å². The van der Waals surface area contributed by atoms with E-state index in [0.29, 0.717) is 10.8 Å². The first-order valence-electron chi connectivity index (χ1n) is 8.46. The molecule has 0 aliphatic rings. The van der Waals surface area contributed by atoms with Crippen LogP contribution in [-0.2, 0) is 14.8 Å². The third kappa shape index (κ3) is 7.33. The van der Waals surface area contributed by atoms with Crippen LogP contribution in [0.3, 0.4) is 0 Å². The van der Waals surface area contributed by atoms with Crippen molar-refractivity contribution in [3.63, 3.8) is 0 Å². The molecule has 3 N–H and O–H groups in total. The van der Waals surface area contributed by atoms with Crippen molar-refractivity contribution in [2.45, 2.75) is 17.4 Å². The Balaban J connectivity index is 1.71. The molecule has 1 atom stereocenters. The number of aliphatic hydroxyl groups excluding tert-OH is 1. The van der Waals surface area contributed by atoms with Crippen LogP contribution in [0.25, 0.3) is 0 Å². The van der Waals surface area contributed by atoms with Crippen LogP contribution in [0.15, 0.2) is 47.4 Å². The highest BCUT2D eigenvalue weighted by Gasteiger charge is 2.17. The zero-order chi connectivity index (χ0) is 21.4. The molecule has 2 rings (SSSR count). The quantitative estimate of drug-likeness (QED) is 0.484. The van der Waals surface area contributed by atoms with Crippen LogP contribution in [0, 0.1) is 0 Å². The molecule has 0 aromatic heterocycles. The SMILES string of the molecule is O=C(CCNS(=O)(=O)c1ccccc1Cl)NCC(O)COc1cccc(Cl)c1Cl. The summed E-state index contributed by atoms with van der Waals surface area (Å²) in [6.07, 6.45) is -1.11. The summed E-state index contributed by atoms with van der Waals surface area (Å²) in [6, 6.07) is 10.9. The maximum absolute atomic E-state index is 12.2. The number of carbonyl (C=O) groups is 1. The summed E-state index contributed by atoms with van der Waals surface area (Å²) in [5.41, 5.74) is 0. The number of hydrogen-bond acceptors (Lipinski definition) is 5. The van der Waals surface area contributed by atoms with E-state index >= 15 is 0 Å². The van der Waals surface area contributed by atoms with Gasteiger partial charge in [0, 0.05) is 19.5 Å². The van der Waals surface area contributed by atoms with Crippen LogP contribution < -0.4 is 14.8 Å². The molecule has 0 radical (unpaired) electrons. The van der Waals surface area contributed by atoms with Crippen LogP contribution >= 0.6 is 34.8 Å². The fraction of sp³-hybridized carbons (Fsp3) is 0.278. The minimum atomic E-state index is -3.82. The lowest BCUT2D eigenvalue weighted by molar-refractivity contribution is -0.121. The summed E-state index contributed by atoms with van der Waals surface area (Å²) in [6.45, 7) is -0.308. The highest BCUT2D eigenvalue weighted by Crippen LogP contribution is 2.31. The van der Waals surface area contributed by atoms with Gasteiger partial charge in [-0.3, -0.25) is 4.79 Å². The fourth-order valence-electron chi connectivity index (χ4n) is 2.20. The van der Waals surface area contributed by atoms with E-state index in [9.17, 15) is 18.3 Å². The number of rotatable bonds is 10. The molecule has 158 valence electrons. The van der Waals surface area contributed by atoms with Gasteiger partial charge in [-0.25, -0.2) is 13.1 Å². The van der Waals surface area contributed by atoms with Gasteiger partial charge in [-0.2, -0.15) is 0 Å². The van der Waals surface area contributed by atoms with Gasteiger partial charge in [-0.05, 0) is 24.3 Å². The van der Waals surface area contributed by atoms with Crippen LogP contribution in [0.5, 0.6) is 5.75 Å². The molecule has 2 aromatic rings. The average Bonchev–Trinajstić information content (AvgIpc) is 2.67. The van der Waals surface area contributed by atoms with Crippen molar-refractivity contribution in [1.82, 2.24) is 10.0 Å². The van der Waals surface area contributed by atoms with Crippen molar-refractivity contribution in [2.75, 3.05) is 19.7 Å². The predicted octanol–water partition coefficient (Wildman–Crippen LogP) is 2.87. The number of amides is 1. The average molecular weight is 482 g/mol. The molecule has 1 amide bonds. The molecule has 0 aliphatic carbocycles. The van der Waals surface area contributed by atoms with Crippen molar-refractivity contribution in [2.24, 2.45) is 0 Å². The molecule has 1 unspecified atom stereocenters. The highest BCUT2D eigenvalue weighted by molar-refractivity contribution is 7.89. The van der Waals surface area contributed by atoms with Crippen LogP contribution in [0.4, 0.5) is 0 Å². The van der Waals surface area contributed by atoms with Crippen LogP contribution in [-0.4, -0.2) is 45.2 Å². The van der Waals surface area contributed by atoms with E-state index in [1.165, 1.54) is 12.1 Å². The lowest BCUT2D eigenvalue weighted by atomic mass is 10.3. The summed E-state index contributed by atoms with van der Waals surface area (Å²) >= 11 is 17.7. The second-order valence-corrected chi connectivity index (χ2v) is 8.83. The normalized spacial score (nSPS) is 12.4. The maximum atomic E-state index is 12.2. The first-order chi connectivity index (χ1) is 13.7. The molecule has 29 heavy (non-hydrogen) atoms. The number of carbonyl (C=O) groups excluding carboxylic acids is 1. The number of ether oxygens (including phenoxy) is 1. The number of aliphatic hydroxyl groups is 1. The predicted molar refractivity (Wildman–Crippen MR) is 112 cm³/mol. The smallest absolute Gasteiger partial charge is 0.242 e. The second-order valence-electron chi connectivity index (χ2n) is 5.90. The second kappa shape index (κ2) is 11.0. The molecule has 0 bridgehead atoms. The van der Waals surface area contributed by atoms with E-state index in [2.05, 4.69) is 10.0 Å². The van der Waals surface area contributed by atoms with E-state index in [-0.39, 0.29) is 41.1 Å². The Kier molecular flexibility index (Phi) is 9.01. The van der Waals surface area contributed by atoms with E-state index in [4.69, 9.17) is 39.5 Å². The van der Waals surface area contributed by atoms with Crippen molar-refractivity contribution < 1.29 is 23.1 Å². The first kappa shape index (κ1) is 23.7. The highest BCUT2D eigenvalue weighted by atomic mass is 35.5. The molecule has 2 aromatic carbocycles. The van der Waals surface area contributed by atoms with Crippen molar-refractivity contribution in [3.05, 3.63) is 57.5 Å². The van der Waals surface area contributed by atoms with Crippen molar-refractivity contribution in [1.29, 1.82) is 0 Å².